The van der Waals surface area contributed by atoms with Crippen LogP contribution in [0.1, 0.15) is 52.5 Å². The van der Waals surface area contributed by atoms with Gasteiger partial charge in [0.1, 0.15) is 16.4 Å². The second-order valence-corrected chi connectivity index (χ2v) is 7.94. The number of likely N-dealkylation sites (tertiary alicyclic amines) is 1. The predicted molar refractivity (Wildman–Crippen MR) is 121 cm³/mol. The van der Waals surface area contributed by atoms with Crippen molar-refractivity contribution in [3.8, 4) is 0 Å². The number of nitrogens with zero attached hydrogens (tertiary/aromatic N) is 4. The van der Waals surface area contributed by atoms with Gasteiger partial charge in [-0.2, -0.15) is 10.2 Å². The molecule has 1 aliphatic rings. The minimum atomic E-state index is -1.18. The Morgan fingerprint density at radius 2 is 2.06 bits per heavy atom. The second-order valence-electron chi connectivity index (χ2n) is 7.06. The molecule has 2 aromatic heterocycles. The summed E-state index contributed by atoms with van der Waals surface area (Å²) in [5.41, 5.74) is 7.55. The molecule has 1 amide bonds. The summed E-state index contributed by atoms with van der Waals surface area (Å²) >= 11 is 1.10. The van der Waals surface area contributed by atoms with Gasteiger partial charge < -0.3 is 21.1 Å². The van der Waals surface area contributed by atoms with E-state index in [2.05, 4.69) is 32.0 Å². The molecular formula is C21H24N6O3S. The highest BCUT2D eigenvalue weighted by molar-refractivity contribution is 7.15. The van der Waals surface area contributed by atoms with Crippen molar-refractivity contribution in [2.24, 2.45) is 10.7 Å². The normalized spacial score (nSPS) is 14.9. The highest BCUT2D eigenvalue weighted by atomic mass is 32.1. The highest BCUT2D eigenvalue weighted by Gasteiger charge is 2.23. The topological polar surface area (TPSA) is 134 Å². The Morgan fingerprint density at radius 3 is 2.68 bits per heavy atom. The third-order valence-corrected chi connectivity index (χ3v) is 5.75. The number of allylic oxidation sites excluding steroid dienone is 2. The van der Waals surface area contributed by atoms with E-state index in [0.29, 0.717) is 22.7 Å². The van der Waals surface area contributed by atoms with E-state index < -0.39 is 11.9 Å². The molecule has 2 aromatic rings. The molecule has 0 aliphatic carbocycles. The number of carbonyl (C=O) groups is 2. The van der Waals surface area contributed by atoms with Gasteiger partial charge in [0.05, 0.1) is 18.0 Å². The zero-order valence-corrected chi connectivity index (χ0v) is 18.0. The van der Waals surface area contributed by atoms with Gasteiger partial charge in [-0.25, -0.2) is 9.79 Å². The fourth-order valence-corrected chi connectivity index (χ4v) is 4.16. The molecule has 1 fully saturated rings. The maximum Gasteiger partial charge on any atom is 0.339 e. The van der Waals surface area contributed by atoms with Gasteiger partial charge in [0.2, 0.25) is 0 Å². The van der Waals surface area contributed by atoms with E-state index in [9.17, 15) is 14.7 Å². The molecule has 1 saturated heterocycles. The molecule has 0 unspecified atom stereocenters. The van der Waals surface area contributed by atoms with Crippen molar-refractivity contribution in [2.45, 2.75) is 26.2 Å². The Kier molecular flexibility index (Phi) is 7.14. The molecule has 31 heavy (non-hydrogen) atoms. The molecular weight excluding hydrogens is 416 g/mol. The summed E-state index contributed by atoms with van der Waals surface area (Å²) in [5, 5.41) is 21.6. The summed E-state index contributed by atoms with van der Waals surface area (Å²) in [6.07, 6.45) is 7.62. The van der Waals surface area contributed by atoms with Crippen molar-refractivity contribution in [3.63, 3.8) is 0 Å². The van der Waals surface area contributed by atoms with Crippen LogP contribution in [0.15, 0.2) is 46.9 Å². The molecule has 0 aromatic carbocycles. The Bertz CT molecular complexity index is 1030. The minimum absolute atomic E-state index is 0.0461. The van der Waals surface area contributed by atoms with Gasteiger partial charge in [-0.3, -0.25) is 4.79 Å². The molecule has 10 heteroatoms. The number of hydrogen-bond donors (Lipinski definition) is 3. The first-order chi connectivity index (χ1) is 14.9. The quantitative estimate of drug-likeness (QED) is 0.563. The lowest BCUT2D eigenvalue weighted by atomic mass is 10.0. The van der Waals surface area contributed by atoms with Gasteiger partial charge in [-0.1, -0.05) is 6.58 Å². The van der Waals surface area contributed by atoms with E-state index >= 15 is 0 Å². The summed E-state index contributed by atoms with van der Waals surface area (Å²) < 4.78 is 0. The number of aromatic nitrogens is 2. The van der Waals surface area contributed by atoms with Gasteiger partial charge in [0, 0.05) is 41.5 Å². The lowest BCUT2D eigenvalue weighted by molar-refractivity contribution is 0.0698. The maximum absolute atomic E-state index is 12.4. The molecule has 0 bridgehead atoms. The van der Waals surface area contributed by atoms with Crippen LogP contribution in [-0.4, -0.2) is 51.4 Å². The Labute approximate surface area is 184 Å². The number of hydrogen-bond acceptors (Lipinski definition) is 8. The Morgan fingerprint density at radius 1 is 1.32 bits per heavy atom. The fourth-order valence-electron chi connectivity index (χ4n) is 3.22. The van der Waals surface area contributed by atoms with E-state index in [1.165, 1.54) is 24.9 Å². The highest BCUT2D eigenvalue weighted by Crippen LogP contribution is 2.33. The zero-order valence-electron chi connectivity index (χ0n) is 17.2. The Balaban J connectivity index is 1.88. The average Bonchev–Trinajstić information content (AvgIpc) is 3.18. The molecule has 0 spiro atoms. The third kappa shape index (κ3) is 5.34. The number of carboxylic acids is 1. The number of thiophene rings is 1. The Hall–Kier alpha value is -3.53. The summed E-state index contributed by atoms with van der Waals surface area (Å²) in [5.74, 6) is -1.04. The maximum atomic E-state index is 12.4. The van der Waals surface area contributed by atoms with E-state index in [1.54, 1.807) is 18.5 Å². The number of nitrogens with one attached hydrogen (secondary N) is 1. The first-order valence-corrected chi connectivity index (χ1v) is 10.6. The van der Waals surface area contributed by atoms with Crippen molar-refractivity contribution in [3.05, 3.63) is 58.6 Å². The smallest absolute Gasteiger partial charge is 0.339 e. The summed E-state index contributed by atoms with van der Waals surface area (Å²) in [4.78, 5) is 31.0. The number of piperidine rings is 1. The van der Waals surface area contributed by atoms with Crippen LogP contribution in [-0.2, 0) is 0 Å². The van der Waals surface area contributed by atoms with E-state index in [1.807, 2.05) is 0 Å². The van der Waals surface area contributed by atoms with Crippen molar-refractivity contribution < 1.29 is 14.7 Å². The van der Waals surface area contributed by atoms with Gasteiger partial charge in [-0.05, 0) is 32.3 Å². The van der Waals surface area contributed by atoms with Crippen molar-refractivity contribution in [1.29, 1.82) is 0 Å². The van der Waals surface area contributed by atoms with Crippen LogP contribution in [0.2, 0.25) is 0 Å². The van der Waals surface area contributed by atoms with Crippen LogP contribution >= 0.6 is 11.3 Å². The van der Waals surface area contributed by atoms with E-state index in [-0.39, 0.29) is 16.1 Å². The van der Waals surface area contributed by atoms with E-state index in [4.69, 9.17) is 5.73 Å². The fraction of sp³-hybridized carbons (Fsp3) is 0.286. The van der Waals surface area contributed by atoms with E-state index in [0.717, 1.165) is 37.3 Å². The third-order valence-electron chi connectivity index (χ3n) is 4.86. The molecule has 1 aliphatic heterocycles. The largest absolute Gasteiger partial charge is 0.478 e. The van der Waals surface area contributed by atoms with Gasteiger partial charge >= 0.3 is 5.97 Å². The molecule has 0 radical (unpaired) electrons. The number of aromatic carboxylic acids is 1. The number of aliphatic imine (C=N–C) groups is 1. The average molecular weight is 441 g/mol. The van der Waals surface area contributed by atoms with Gasteiger partial charge in [0.25, 0.3) is 5.91 Å². The molecule has 0 atom stereocenters. The summed E-state index contributed by atoms with van der Waals surface area (Å²) in [7, 11) is 0. The number of rotatable bonds is 7. The lowest BCUT2D eigenvalue weighted by Gasteiger charge is -2.28. The molecule has 3 heterocycles. The molecule has 162 valence electrons. The van der Waals surface area contributed by atoms with Gasteiger partial charge in [0.15, 0.2) is 0 Å². The summed E-state index contributed by atoms with van der Waals surface area (Å²) in [6.45, 7) is 7.49. The van der Waals surface area contributed by atoms with Crippen molar-refractivity contribution in [2.75, 3.05) is 18.4 Å². The number of amides is 1. The lowest BCUT2D eigenvalue weighted by Crippen LogP contribution is -2.27. The number of carboxylic acid groups (broad SMARTS) is 1. The molecule has 9 nitrogen and oxygen atoms in total. The number of carbonyl (C=O) groups excluding carboxylic acids is 1. The zero-order chi connectivity index (χ0) is 22.4. The first kappa shape index (κ1) is 22.2. The predicted octanol–water partition coefficient (Wildman–Crippen LogP) is 3.21. The van der Waals surface area contributed by atoms with Crippen LogP contribution in [0.25, 0.3) is 5.57 Å². The van der Waals surface area contributed by atoms with Crippen molar-refractivity contribution >= 4 is 40.0 Å². The minimum Gasteiger partial charge on any atom is -0.478 e. The van der Waals surface area contributed by atoms with Crippen molar-refractivity contribution in [1.82, 2.24) is 15.1 Å². The summed E-state index contributed by atoms with van der Waals surface area (Å²) in [6, 6.07) is 1.49. The monoisotopic (exact) mass is 440 g/mol. The van der Waals surface area contributed by atoms with Crippen LogP contribution in [0.3, 0.4) is 0 Å². The number of anilines is 1. The molecule has 4 N–H and O–H groups in total. The van der Waals surface area contributed by atoms with Crippen LogP contribution < -0.4 is 11.1 Å². The second kappa shape index (κ2) is 9.98. The molecule has 0 saturated carbocycles. The first-order valence-electron chi connectivity index (χ1n) is 9.76. The number of nitrogens with two attached hydrogens (primary N) is 1. The molecule has 3 rings (SSSR count). The van der Waals surface area contributed by atoms with Crippen LogP contribution in [0.4, 0.5) is 5.00 Å². The SMILES string of the molecule is C=C(N=C/C(=C(/C)N)c1csc(NC(=O)c2ccnnc2)c1C(=O)O)N1CCCCC1. The van der Waals surface area contributed by atoms with Gasteiger partial charge in [-0.15, -0.1) is 11.3 Å². The standard InChI is InChI=1S/C21H24N6O3S/c1-13(22)16(11-23-14(2)27-8-4-3-5-9-27)17-12-31-20(18(17)21(29)30)26-19(28)15-6-7-24-25-10-15/h6-7,10-12H,2-5,8-9,22H2,1H3,(H,26,28)(H,29,30)/b16-13+,23-11?. The van der Waals surface area contributed by atoms with Crippen LogP contribution in [0.5, 0.6) is 0 Å². The van der Waals surface area contributed by atoms with Crippen LogP contribution in [0, 0.1) is 0 Å².